The molecule has 0 rings (SSSR count). The molecule has 0 saturated carbocycles. The summed E-state index contributed by atoms with van der Waals surface area (Å²) in [6, 6.07) is -1.23. The lowest BCUT2D eigenvalue weighted by atomic mass is 10.1. The van der Waals surface area contributed by atoms with Crippen LogP contribution in [-0.2, 0) is 23.8 Å². The first-order chi connectivity index (χ1) is 13.3. The van der Waals surface area contributed by atoms with E-state index in [-0.39, 0.29) is 6.29 Å². The highest BCUT2D eigenvalue weighted by Gasteiger charge is 2.32. The third kappa shape index (κ3) is 10.4. The Morgan fingerprint density at radius 1 is 1.14 bits per heavy atom. The number of carbonyl (C=O) groups is 3. The summed E-state index contributed by atoms with van der Waals surface area (Å²) in [4.78, 5) is 37.6. The number of nitrogens with one attached hydrogen (secondary N) is 2. The van der Waals surface area contributed by atoms with E-state index in [2.05, 4.69) is 10.6 Å². The molecule has 0 aliphatic heterocycles. The highest BCUT2D eigenvalue weighted by Crippen LogP contribution is 2.10. The summed E-state index contributed by atoms with van der Waals surface area (Å²) in [5.74, 6) is -1.38. The largest absolute Gasteiger partial charge is 0.444 e. The molecule has 0 aromatic heterocycles. The van der Waals surface area contributed by atoms with Gasteiger partial charge in [0.1, 0.15) is 11.6 Å². The maximum Gasteiger partial charge on any atom is 0.411 e. The molecule has 0 aliphatic carbocycles. The Morgan fingerprint density at radius 3 is 2.14 bits per heavy atom. The summed E-state index contributed by atoms with van der Waals surface area (Å²) in [7, 11) is 4.34. The maximum absolute atomic E-state index is 12.4. The number of amides is 3. The molecule has 29 heavy (non-hydrogen) atoms. The van der Waals surface area contributed by atoms with Gasteiger partial charge in [-0.1, -0.05) is 0 Å². The number of likely N-dealkylation sites (N-methyl/N-ethyl adjacent to an activating group) is 1. The molecule has 3 amide bonds. The fraction of sp³-hybridized carbons (Fsp3) is 0.833. The van der Waals surface area contributed by atoms with Gasteiger partial charge in [-0.15, -0.1) is 0 Å². The third-order valence-electron chi connectivity index (χ3n) is 3.87. The van der Waals surface area contributed by atoms with Crippen molar-refractivity contribution < 1.29 is 33.7 Å². The Bertz CT molecular complexity index is 533. The van der Waals surface area contributed by atoms with E-state index in [0.717, 1.165) is 4.90 Å². The van der Waals surface area contributed by atoms with Crippen molar-refractivity contribution in [2.45, 2.75) is 70.7 Å². The summed E-state index contributed by atoms with van der Waals surface area (Å²) in [6.45, 7) is 6.70. The van der Waals surface area contributed by atoms with Gasteiger partial charge in [0.2, 0.25) is 5.91 Å². The number of hydrogen-bond donors (Lipinski definition) is 4. The van der Waals surface area contributed by atoms with Crippen LogP contribution in [0.1, 0.15) is 40.5 Å². The Balaban J connectivity index is 4.74. The normalized spacial score (nSPS) is 14.7. The minimum Gasteiger partial charge on any atom is -0.444 e. The van der Waals surface area contributed by atoms with Gasteiger partial charge in [-0.25, -0.2) is 4.79 Å². The molecule has 170 valence electrons. The van der Waals surface area contributed by atoms with E-state index in [4.69, 9.17) is 19.9 Å². The molecule has 0 unspecified atom stereocenters. The minimum atomic E-state index is -1.40. The van der Waals surface area contributed by atoms with Crippen LogP contribution >= 0.6 is 0 Å². The average Bonchev–Trinajstić information content (AvgIpc) is 2.62. The van der Waals surface area contributed by atoms with Crippen LogP contribution in [0.5, 0.6) is 0 Å². The Labute approximate surface area is 172 Å². The van der Waals surface area contributed by atoms with Gasteiger partial charge in [0.05, 0.1) is 6.10 Å². The molecular weight excluding hydrogens is 384 g/mol. The van der Waals surface area contributed by atoms with Crippen LogP contribution in [0.3, 0.4) is 0 Å². The first kappa shape index (κ1) is 27.0. The molecule has 11 nitrogen and oxygen atoms in total. The molecule has 11 heteroatoms. The molecule has 0 heterocycles. The number of ether oxygens (including phenoxy) is 3. The van der Waals surface area contributed by atoms with Crippen molar-refractivity contribution in [3.8, 4) is 0 Å². The van der Waals surface area contributed by atoms with Crippen molar-refractivity contribution in [1.82, 2.24) is 15.5 Å². The topological polar surface area (TPSA) is 152 Å². The number of hydrogen-bond acceptors (Lipinski definition) is 8. The first-order valence-electron chi connectivity index (χ1n) is 9.37. The lowest BCUT2D eigenvalue weighted by Gasteiger charge is -2.29. The zero-order chi connectivity index (χ0) is 22.8. The van der Waals surface area contributed by atoms with Gasteiger partial charge in [-0.2, -0.15) is 0 Å². The van der Waals surface area contributed by atoms with E-state index in [1.807, 2.05) is 0 Å². The number of carbonyl (C=O) groups excluding carboxylic acids is 3. The smallest absolute Gasteiger partial charge is 0.411 e. The second kappa shape index (κ2) is 12.6. The quantitative estimate of drug-likeness (QED) is 0.258. The Hall–Kier alpha value is -1.95. The van der Waals surface area contributed by atoms with E-state index in [0.29, 0.717) is 19.4 Å². The molecule has 3 atom stereocenters. The molecule has 5 N–H and O–H groups in total. The molecule has 0 radical (unpaired) electrons. The summed E-state index contributed by atoms with van der Waals surface area (Å²) in [5, 5.41) is 14.9. The lowest BCUT2D eigenvalue weighted by Crippen LogP contribution is -2.60. The van der Waals surface area contributed by atoms with Crippen LogP contribution in [0.25, 0.3) is 0 Å². The number of nitrogens with two attached hydrogens (primary N) is 1. The standard InChI is InChI=1S/C18H36N4O7/c1-11(23)13(15(24)20-10-8-9-12(27-6)28-7)21-16(25)14(19)22(5)17(26)29-18(2,3)4/h11-14,23H,8-10,19H2,1-7H3,(H,20,24)(H,21,25)/t11-,13-,14+/m0/s1. The van der Waals surface area contributed by atoms with E-state index >= 15 is 0 Å². The van der Waals surface area contributed by atoms with Crippen LogP contribution in [-0.4, -0.2) is 85.9 Å². The third-order valence-corrected chi connectivity index (χ3v) is 3.87. The zero-order valence-corrected chi connectivity index (χ0v) is 18.4. The maximum atomic E-state index is 12.4. The monoisotopic (exact) mass is 420 g/mol. The van der Waals surface area contributed by atoms with Gasteiger partial charge >= 0.3 is 6.09 Å². The summed E-state index contributed by atoms with van der Waals surface area (Å²) < 4.78 is 15.3. The Kier molecular flexibility index (Phi) is 11.7. The van der Waals surface area contributed by atoms with Crippen molar-refractivity contribution in [3.63, 3.8) is 0 Å². The van der Waals surface area contributed by atoms with Gasteiger partial charge in [-0.05, 0) is 34.1 Å². The van der Waals surface area contributed by atoms with Crippen LogP contribution in [0.15, 0.2) is 0 Å². The van der Waals surface area contributed by atoms with Gasteiger partial charge in [0.25, 0.3) is 5.91 Å². The van der Waals surface area contributed by atoms with Crippen LogP contribution in [0.2, 0.25) is 0 Å². The van der Waals surface area contributed by atoms with Gasteiger partial charge < -0.3 is 35.7 Å². The second-order valence-electron chi connectivity index (χ2n) is 7.60. The molecule has 0 aliphatic rings. The molecule has 0 aromatic rings. The number of aliphatic hydroxyl groups excluding tert-OH is 1. The van der Waals surface area contributed by atoms with E-state index in [1.54, 1.807) is 20.8 Å². The molecular formula is C18H36N4O7. The number of aliphatic hydroxyl groups is 1. The number of nitrogens with zero attached hydrogens (tertiary/aromatic N) is 1. The highest BCUT2D eigenvalue weighted by atomic mass is 16.7. The van der Waals surface area contributed by atoms with Crippen LogP contribution < -0.4 is 16.4 Å². The van der Waals surface area contributed by atoms with Gasteiger partial charge in [-0.3, -0.25) is 14.5 Å². The molecule has 0 fully saturated rings. The summed E-state index contributed by atoms with van der Waals surface area (Å²) in [6.07, 6.45) is -2.61. The van der Waals surface area contributed by atoms with Crippen LogP contribution in [0, 0.1) is 0 Å². The van der Waals surface area contributed by atoms with Crippen molar-refractivity contribution >= 4 is 17.9 Å². The predicted molar refractivity (Wildman–Crippen MR) is 106 cm³/mol. The van der Waals surface area contributed by atoms with Crippen molar-refractivity contribution in [2.75, 3.05) is 27.8 Å². The predicted octanol–water partition coefficient (Wildman–Crippen LogP) is -0.481. The van der Waals surface area contributed by atoms with Crippen LogP contribution in [0.4, 0.5) is 4.79 Å². The summed E-state index contributed by atoms with van der Waals surface area (Å²) in [5.41, 5.74) is 5.03. The fourth-order valence-corrected chi connectivity index (χ4v) is 2.19. The van der Waals surface area contributed by atoms with E-state index in [1.165, 1.54) is 28.2 Å². The molecule has 0 spiro atoms. The van der Waals surface area contributed by atoms with Crippen molar-refractivity contribution in [1.29, 1.82) is 0 Å². The second-order valence-corrected chi connectivity index (χ2v) is 7.60. The van der Waals surface area contributed by atoms with Crippen molar-refractivity contribution in [3.05, 3.63) is 0 Å². The van der Waals surface area contributed by atoms with Gasteiger partial charge in [0.15, 0.2) is 12.5 Å². The van der Waals surface area contributed by atoms with Gasteiger partial charge in [0, 0.05) is 34.2 Å². The Morgan fingerprint density at radius 2 is 1.69 bits per heavy atom. The highest BCUT2D eigenvalue weighted by molar-refractivity contribution is 5.91. The fourth-order valence-electron chi connectivity index (χ4n) is 2.19. The minimum absolute atomic E-state index is 0.297. The number of methoxy groups -OCH3 is 2. The SMILES string of the molecule is COC(CCCNC(=O)[C@@H](NC(=O)[C@H](N)N(C)C(=O)OC(C)(C)C)[C@H](C)O)OC. The molecule has 0 aromatic carbocycles. The first-order valence-corrected chi connectivity index (χ1v) is 9.37. The van der Waals surface area contributed by atoms with E-state index < -0.39 is 41.8 Å². The lowest BCUT2D eigenvalue weighted by molar-refractivity contribution is -0.134. The molecule has 0 saturated heterocycles. The van der Waals surface area contributed by atoms with E-state index in [9.17, 15) is 19.5 Å². The average molecular weight is 421 g/mol. The van der Waals surface area contributed by atoms with Crippen molar-refractivity contribution in [2.24, 2.45) is 5.73 Å². The zero-order valence-electron chi connectivity index (χ0n) is 18.4. The number of rotatable bonds is 11. The molecule has 0 bridgehead atoms. The summed E-state index contributed by atoms with van der Waals surface area (Å²) >= 11 is 0.